The largest absolute Gasteiger partial charge is 0.479 e. The number of alkyl halides is 3. The van der Waals surface area contributed by atoms with E-state index < -0.39 is 23.8 Å². The zero-order chi connectivity index (χ0) is 14.5. The number of ether oxygens (including phenoxy) is 1. The molecule has 3 nitrogen and oxygen atoms in total. The number of hydrogen-bond acceptors (Lipinski definition) is 3. The van der Waals surface area contributed by atoms with Crippen LogP contribution in [0.2, 0.25) is 0 Å². The van der Waals surface area contributed by atoms with E-state index in [2.05, 4.69) is 0 Å². The Morgan fingerprint density at radius 3 is 2.74 bits per heavy atom. The second-order valence-corrected chi connectivity index (χ2v) is 4.89. The number of carbonyl (C=O) groups is 1. The average molecular weight is 294 g/mol. The first-order valence-corrected chi connectivity index (χ1v) is 6.43. The van der Waals surface area contributed by atoms with Gasteiger partial charge in [0.05, 0.1) is 12.2 Å². The Bertz CT molecular complexity index is 434. The predicted octanol–water partition coefficient (Wildman–Crippen LogP) is 3.29. The molecule has 0 heterocycles. The highest BCUT2D eigenvalue weighted by Crippen LogP contribution is 2.31. The Morgan fingerprint density at radius 2 is 2.16 bits per heavy atom. The van der Waals surface area contributed by atoms with E-state index in [0.717, 1.165) is 12.1 Å². The zero-order valence-corrected chi connectivity index (χ0v) is 10.9. The Morgan fingerprint density at radius 1 is 1.47 bits per heavy atom. The Hall–Kier alpha value is -1.21. The average Bonchev–Trinajstić information content (AvgIpc) is 2.33. The van der Waals surface area contributed by atoms with Crippen molar-refractivity contribution in [2.75, 3.05) is 12.4 Å². The zero-order valence-electron chi connectivity index (χ0n) is 10.1. The van der Waals surface area contributed by atoms with E-state index in [4.69, 9.17) is 9.84 Å². The minimum absolute atomic E-state index is 0.161. The monoisotopic (exact) mass is 294 g/mol. The van der Waals surface area contributed by atoms with Crippen molar-refractivity contribution in [1.82, 2.24) is 0 Å². The molecule has 1 atom stereocenters. The summed E-state index contributed by atoms with van der Waals surface area (Å²) in [6.45, 7) is 1.56. The molecule has 1 rings (SSSR count). The highest BCUT2D eigenvalue weighted by atomic mass is 32.2. The number of halogens is 3. The maximum absolute atomic E-state index is 12.5. The van der Waals surface area contributed by atoms with Gasteiger partial charge in [-0.3, -0.25) is 0 Å². The van der Waals surface area contributed by atoms with Gasteiger partial charge in [0.15, 0.2) is 6.10 Å². The van der Waals surface area contributed by atoms with Gasteiger partial charge in [0.25, 0.3) is 0 Å². The molecule has 1 N–H and O–H groups in total. The van der Waals surface area contributed by atoms with Crippen LogP contribution in [0, 0.1) is 0 Å². The van der Waals surface area contributed by atoms with E-state index in [9.17, 15) is 18.0 Å². The summed E-state index contributed by atoms with van der Waals surface area (Å²) in [5.74, 6) is -0.678. The molecule has 0 unspecified atom stereocenters. The third kappa shape index (κ3) is 5.52. The maximum Gasteiger partial charge on any atom is 0.416 e. The molecule has 0 amide bonds. The number of rotatable bonds is 6. The van der Waals surface area contributed by atoms with Gasteiger partial charge in [0.1, 0.15) is 0 Å². The van der Waals surface area contributed by atoms with Crippen LogP contribution in [0.3, 0.4) is 0 Å². The summed E-state index contributed by atoms with van der Waals surface area (Å²) in [6, 6.07) is 4.98. The number of carboxylic acid groups (broad SMARTS) is 1. The van der Waals surface area contributed by atoms with Crippen molar-refractivity contribution in [2.24, 2.45) is 0 Å². The van der Waals surface area contributed by atoms with Gasteiger partial charge in [0.2, 0.25) is 0 Å². The predicted molar refractivity (Wildman–Crippen MR) is 65.2 cm³/mol. The number of benzene rings is 1. The highest BCUT2D eigenvalue weighted by molar-refractivity contribution is 7.99. The molecular weight excluding hydrogens is 281 g/mol. The lowest BCUT2D eigenvalue weighted by molar-refractivity contribution is -0.148. The lowest BCUT2D eigenvalue weighted by Crippen LogP contribution is -2.20. The number of aliphatic carboxylic acids is 1. The molecule has 0 aliphatic rings. The van der Waals surface area contributed by atoms with Gasteiger partial charge in [-0.15, -0.1) is 11.8 Å². The molecule has 0 saturated carbocycles. The maximum atomic E-state index is 12.5. The summed E-state index contributed by atoms with van der Waals surface area (Å²) in [6.07, 6.45) is -5.27. The van der Waals surface area contributed by atoms with Crippen molar-refractivity contribution in [1.29, 1.82) is 0 Å². The Kier molecular flexibility index (Phi) is 5.68. The van der Waals surface area contributed by atoms with Gasteiger partial charge >= 0.3 is 12.1 Å². The standard InChI is InChI=1S/C12H13F3O3S/c1-8(11(16)17)18-5-6-19-10-4-2-3-9(7-10)12(13,14)15/h2-4,7-8H,5-6H2,1H3,(H,16,17)/t8-/m0/s1. The fraction of sp³-hybridized carbons (Fsp3) is 0.417. The van der Waals surface area contributed by atoms with Crippen LogP contribution in [-0.4, -0.2) is 29.5 Å². The smallest absolute Gasteiger partial charge is 0.416 e. The molecule has 1 aromatic carbocycles. The number of thioether (sulfide) groups is 1. The van der Waals surface area contributed by atoms with Crippen LogP contribution in [-0.2, 0) is 15.7 Å². The van der Waals surface area contributed by atoms with E-state index in [1.54, 1.807) is 6.07 Å². The normalized spacial score (nSPS) is 13.3. The van der Waals surface area contributed by atoms with Gasteiger partial charge in [-0.2, -0.15) is 13.2 Å². The summed E-state index contributed by atoms with van der Waals surface area (Å²) in [5.41, 5.74) is -0.697. The minimum atomic E-state index is -4.36. The molecule has 7 heteroatoms. The van der Waals surface area contributed by atoms with Crippen LogP contribution in [0.25, 0.3) is 0 Å². The summed E-state index contributed by atoms with van der Waals surface area (Å²) in [4.78, 5) is 10.9. The van der Waals surface area contributed by atoms with Crippen LogP contribution < -0.4 is 0 Å². The number of carboxylic acids is 1. The molecule has 0 saturated heterocycles. The van der Waals surface area contributed by atoms with Crippen molar-refractivity contribution in [3.05, 3.63) is 29.8 Å². The quantitative estimate of drug-likeness (QED) is 0.646. The molecule has 106 valence electrons. The van der Waals surface area contributed by atoms with Gasteiger partial charge in [-0.1, -0.05) is 6.07 Å². The molecule has 0 radical (unpaired) electrons. The third-order valence-corrected chi connectivity index (χ3v) is 3.19. The van der Waals surface area contributed by atoms with E-state index in [0.29, 0.717) is 10.6 Å². The van der Waals surface area contributed by atoms with Crippen molar-refractivity contribution in [3.8, 4) is 0 Å². The van der Waals surface area contributed by atoms with E-state index >= 15 is 0 Å². The molecule has 0 fully saturated rings. The minimum Gasteiger partial charge on any atom is -0.479 e. The van der Waals surface area contributed by atoms with Crippen molar-refractivity contribution < 1.29 is 27.8 Å². The summed E-state index contributed by atoms with van der Waals surface area (Å²) >= 11 is 1.19. The molecule has 0 spiro atoms. The second kappa shape index (κ2) is 6.81. The Labute approximate surface area is 112 Å². The fourth-order valence-corrected chi connectivity index (χ4v) is 2.02. The van der Waals surface area contributed by atoms with Crippen LogP contribution in [0.15, 0.2) is 29.2 Å². The van der Waals surface area contributed by atoms with Crippen LogP contribution in [0.4, 0.5) is 13.2 Å². The number of hydrogen-bond donors (Lipinski definition) is 1. The molecule has 0 aromatic heterocycles. The van der Waals surface area contributed by atoms with Crippen LogP contribution >= 0.6 is 11.8 Å². The first kappa shape index (κ1) is 15.8. The Balaban J connectivity index is 2.44. The molecule has 0 aliphatic carbocycles. The van der Waals surface area contributed by atoms with Gasteiger partial charge < -0.3 is 9.84 Å². The molecule has 0 aliphatic heterocycles. The summed E-state index contributed by atoms with van der Waals surface area (Å²) in [7, 11) is 0. The van der Waals surface area contributed by atoms with Crippen LogP contribution in [0.1, 0.15) is 12.5 Å². The van der Waals surface area contributed by atoms with Crippen molar-refractivity contribution in [2.45, 2.75) is 24.1 Å². The van der Waals surface area contributed by atoms with Crippen molar-refractivity contribution >= 4 is 17.7 Å². The van der Waals surface area contributed by atoms with E-state index in [1.807, 2.05) is 0 Å². The highest BCUT2D eigenvalue weighted by Gasteiger charge is 2.30. The molecular formula is C12H13F3O3S. The first-order valence-electron chi connectivity index (χ1n) is 5.45. The van der Waals surface area contributed by atoms with Gasteiger partial charge in [0, 0.05) is 10.6 Å². The molecule has 19 heavy (non-hydrogen) atoms. The lowest BCUT2D eigenvalue weighted by Gasteiger charge is -2.10. The third-order valence-electron chi connectivity index (χ3n) is 2.23. The van der Waals surface area contributed by atoms with Gasteiger partial charge in [-0.25, -0.2) is 4.79 Å². The first-order chi connectivity index (χ1) is 8.80. The van der Waals surface area contributed by atoms with Crippen molar-refractivity contribution in [3.63, 3.8) is 0 Å². The van der Waals surface area contributed by atoms with E-state index in [1.165, 1.54) is 24.8 Å². The fourth-order valence-electron chi connectivity index (χ4n) is 1.22. The second-order valence-electron chi connectivity index (χ2n) is 3.73. The van der Waals surface area contributed by atoms with Gasteiger partial charge in [-0.05, 0) is 25.1 Å². The topological polar surface area (TPSA) is 46.5 Å². The van der Waals surface area contributed by atoms with E-state index in [-0.39, 0.29) is 6.61 Å². The molecule has 1 aromatic rings. The molecule has 0 bridgehead atoms. The summed E-state index contributed by atoms with van der Waals surface area (Å²) in [5, 5.41) is 8.57. The summed E-state index contributed by atoms with van der Waals surface area (Å²) < 4.78 is 42.3. The lowest BCUT2D eigenvalue weighted by atomic mass is 10.2. The SMILES string of the molecule is C[C@H](OCCSc1cccc(C(F)(F)F)c1)C(=O)O. The van der Waals surface area contributed by atoms with Crippen LogP contribution in [0.5, 0.6) is 0 Å².